The fourth-order valence-electron chi connectivity index (χ4n) is 3.77. The van der Waals surface area contributed by atoms with Crippen LogP contribution in [0.5, 0.6) is 0 Å². The molecule has 0 aliphatic rings. The van der Waals surface area contributed by atoms with Crippen molar-refractivity contribution in [1.29, 1.82) is 0 Å². The second-order valence-corrected chi connectivity index (χ2v) is 11.8. The molecule has 0 aliphatic carbocycles. The highest BCUT2D eigenvalue weighted by atomic mass is 35.5. The summed E-state index contributed by atoms with van der Waals surface area (Å²) in [6.07, 6.45) is 3.28. The fourth-order valence-corrected chi connectivity index (χ4v) is 5.82. The summed E-state index contributed by atoms with van der Waals surface area (Å²) in [5.74, 6) is 0.608. The van der Waals surface area contributed by atoms with Gasteiger partial charge in [-0.3, -0.25) is 14.9 Å². The van der Waals surface area contributed by atoms with Crippen molar-refractivity contribution in [2.75, 3.05) is 16.0 Å². The molecule has 41 heavy (non-hydrogen) atoms. The minimum Gasteiger partial charge on any atom is -0.320 e. The van der Waals surface area contributed by atoms with Gasteiger partial charge < -0.3 is 10.6 Å². The van der Waals surface area contributed by atoms with Gasteiger partial charge in [0.1, 0.15) is 26.4 Å². The highest BCUT2D eigenvalue weighted by molar-refractivity contribution is 7.17. The third kappa shape index (κ3) is 6.85. The van der Waals surface area contributed by atoms with Crippen LogP contribution in [-0.4, -0.2) is 36.7 Å². The Morgan fingerprint density at radius 1 is 0.780 bits per heavy atom. The number of nitrogens with one attached hydrogen (secondary N) is 3. The van der Waals surface area contributed by atoms with E-state index in [1.54, 1.807) is 19.1 Å². The Bertz CT molecular complexity index is 1610. The summed E-state index contributed by atoms with van der Waals surface area (Å²) >= 11 is 14.9. The van der Waals surface area contributed by atoms with E-state index in [1.807, 2.05) is 38.1 Å². The maximum atomic E-state index is 12.8. The number of nitrogens with zero attached hydrogens (tertiary/aromatic N) is 5. The minimum atomic E-state index is -0.326. The van der Waals surface area contributed by atoms with Gasteiger partial charge in [0.2, 0.25) is 5.95 Å². The van der Waals surface area contributed by atoms with Crippen LogP contribution in [0.3, 0.4) is 0 Å². The van der Waals surface area contributed by atoms with Gasteiger partial charge in [0.15, 0.2) is 5.13 Å². The SMILES string of the molecule is Cc1nc(Cc2ncc(C(=O)Nc3c(C)cccc3Cl)s2)nc(Nc2ncc(C(=O)Nc3c(C)cccc3Cl)s2)n1. The van der Waals surface area contributed by atoms with E-state index in [1.165, 1.54) is 23.7 Å². The van der Waals surface area contributed by atoms with Crippen LogP contribution in [-0.2, 0) is 6.42 Å². The van der Waals surface area contributed by atoms with E-state index in [4.69, 9.17) is 23.2 Å². The summed E-state index contributed by atoms with van der Waals surface area (Å²) in [5.41, 5.74) is 2.84. The average molecular weight is 626 g/mol. The molecular weight excluding hydrogens is 603 g/mol. The summed E-state index contributed by atoms with van der Waals surface area (Å²) < 4.78 is 0. The first-order valence-corrected chi connectivity index (χ1v) is 14.6. The lowest BCUT2D eigenvalue weighted by Crippen LogP contribution is -2.11. The van der Waals surface area contributed by atoms with Crippen molar-refractivity contribution in [2.45, 2.75) is 27.2 Å². The van der Waals surface area contributed by atoms with Crippen LogP contribution in [0.15, 0.2) is 48.8 Å². The van der Waals surface area contributed by atoms with Gasteiger partial charge in [-0.1, -0.05) is 58.8 Å². The zero-order valence-electron chi connectivity index (χ0n) is 22.0. The predicted molar refractivity (Wildman–Crippen MR) is 163 cm³/mol. The lowest BCUT2D eigenvalue weighted by atomic mass is 10.2. The summed E-state index contributed by atoms with van der Waals surface area (Å²) in [4.78, 5) is 48.3. The Morgan fingerprint density at radius 2 is 1.37 bits per heavy atom. The van der Waals surface area contributed by atoms with E-state index in [0.29, 0.717) is 59.4 Å². The van der Waals surface area contributed by atoms with E-state index in [2.05, 4.69) is 40.9 Å². The first kappa shape index (κ1) is 28.6. The number of anilines is 4. The smallest absolute Gasteiger partial charge is 0.267 e. The number of benzene rings is 2. The summed E-state index contributed by atoms with van der Waals surface area (Å²) in [6.45, 7) is 5.48. The van der Waals surface area contributed by atoms with Crippen molar-refractivity contribution >= 4 is 80.1 Å². The van der Waals surface area contributed by atoms with E-state index in [-0.39, 0.29) is 17.8 Å². The maximum Gasteiger partial charge on any atom is 0.267 e. The second-order valence-electron chi connectivity index (χ2n) is 8.84. The van der Waals surface area contributed by atoms with Crippen molar-refractivity contribution in [1.82, 2.24) is 24.9 Å². The molecule has 0 unspecified atom stereocenters. The lowest BCUT2D eigenvalue weighted by molar-refractivity contribution is 0.102. The highest BCUT2D eigenvalue weighted by Crippen LogP contribution is 2.29. The topological polar surface area (TPSA) is 135 Å². The zero-order valence-corrected chi connectivity index (χ0v) is 25.1. The number of rotatable bonds is 8. The third-order valence-corrected chi connectivity index (χ3v) is 8.29. The molecule has 2 amide bonds. The van der Waals surface area contributed by atoms with Crippen LogP contribution >= 0.6 is 45.9 Å². The maximum absolute atomic E-state index is 12.8. The molecule has 3 heterocycles. The molecule has 5 aromatic rings. The van der Waals surface area contributed by atoms with Gasteiger partial charge in [-0.15, -0.1) is 11.3 Å². The van der Waals surface area contributed by atoms with E-state index < -0.39 is 0 Å². The largest absolute Gasteiger partial charge is 0.320 e. The number of hydrogen-bond acceptors (Lipinski definition) is 10. The number of thiazole rings is 2. The van der Waals surface area contributed by atoms with Gasteiger partial charge in [-0.05, 0) is 44.0 Å². The molecule has 0 spiro atoms. The molecule has 0 atom stereocenters. The van der Waals surface area contributed by atoms with Crippen LogP contribution in [0.1, 0.15) is 47.1 Å². The molecule has 3 N–H and O–H groups in total. The molecule has 14 heteroatoms. The Balaban J connectivity index is 1.25. The average Bonchev–Trinajstić information content (AvgIpc) is 3.58. The molecule has 0 saturated carbocycles. The van der Waals surface area contributed by atoms with E-state index >= 15 is 0 Å². The van der Waals surface area contributed by atoms with Crippen molar-refractivity contribution in [2.24, 2.45) is 0 Å². The number of aromatic nitrogens is 5. The number of amides is 2. The molecule has 3 aromatic heterocycles. The minimum absolute atomic E-state index is 0.277. The summed E-state index contributed by atoms with van der Waals surface area (Å²) in [6, 6.07) is 10.8. The van der Waals surface area contributed by atoms with Crippen LogP contribution in [0.25, 0.3) is 0 Å². The quantitative estimate of drug-likeness (QED) is 0.170. The molecule has 0 saturated heterocycles. The summed E-state index contributed by atoms with van der Waals surface area (Å²) in [5, 5.41) is 10.7. The lowest BCUT2D eigenvalue weighted by Gasteiger charge is -2.08. The number of para-hydroxylation sites is 2. The molecular formula is C27H22Cl2N8O2S2. The van der Waals surface area contributed by atoms with Crippen molar-refractivity contribution in [3.05, 3.63) is 96.4 Å². The van der Waals surface area contributed by atoms with E-state index in [9.17, 15) is 9.59 Å². The molecule has 10 nitrogen and oxygen atoms in total. The van der Waals surface area contributed by atoms with Gasteiger partial charge in [0, 0.05) is 0 Å². The number of halogens is 2. The molecule has 0 bridgehead atoms. The molecule has 0 aliphatic heterocycles. The fraction of sp³-hybridized carbons (Fsp3) is 0.148. The number of carbonyl (C=O) groups is 2. The molecule has 0 radical (unpaired) electrons. The second kappa shape index (κ2) is 12.3. The standard InChI is InChI=1S/C27H22Cl2N8O2S2/c1-13-6-4-8-16(28)22(13)35-24(38)18-11-30-21(40-18)10-20-32-15(3)33-26(34-20)37-27-31-12-19(41-27)25(39)36-23-14(2)7-5-9-17(23)29/h4-9,11-12H,10H2,1-3H3,(H,35,38)(H,36,39)(H,31,32,33,34,37). The van der Waals surface area contributed by atoms with E-state index in [0.717, 1.165) is 22.5 Å². The van der Waals surface area contributed by atoms with Crippen LogP contribution < -0.4 is 16.0 Å². The first-order valence-electron chi connectivity index (χ1n) is 12.2. The normalized spacial score (nSPS) is 10.9. The van der Waals surface area contributed by atoms with Crippen LogP contribution in [0, 0.1) is 20.8 Å². The Labute approximate surface area is 253 Å². The first-order chi connectivity index (χ1) is 19.7. The number of aryl methyl sites for hydroxylation is 3. The van der Waals surface area contributed by atoms with Crippen molar-refractivity contribution in [3.63, 3.8) is 0 Å². The monoisotopic (exact) mass is 624 g/mol. The van der Waals surface area contributed by atoms with Gasteiger partial charge in [-0.2, -0.15) is 9.97 Å². The molecule has 5 rings (SSSR count). The van der Waals surface area contributed by atoms with Gasteiger partial charge in [0.25, 0.3) is 11.8 Å². The Kier molecular flexibility index (Phi) is 8.54. The molecule has 2 aromatic carbocycles. The number of carbonyl (C=O) groups excluding carboxylic acids is 2. The van der Waals surface area contributed by atoms with Gasteiger partial charge >= 0.3 is 0 Å². The summed E-state index contributed by atoms with van der Waals surface area (Å²) in [7, 11) is 0. The molecule has 208 valence electrons. The van der Waals surface area contributed by atoms with Crippen molar-refractivity contribution in [3.8, 4) is 0 Å². The van der Waals surface area contributed by atoms with Crippen LogP contribution in [0.2, 0.25) is 10.0 Å². The number of hydrogen-bond donors (Lipinski definition) is 3. The van der Waals surface area contributed by atoms with Gasteiger partial charge in [0.05, 0.1) is 40.2 Å². The Hall–Kier alpha value is -3.97. The molecule has 0 fully saturated rings. The third-order valence-electron chi connectivity index (χ3n) is 5.75. The zero-order chi connectivity index (χ0) is 29.1. The Morgan fingerprint density at radius 3 is 1.98 bits per heavy atom. The highest BCUT2D eigenvalue weighted by Gasteiger charge is 2.17. The van der Waals surface area contributed by atoms with Crippen molar-refractivity contribution < 1.29 is 9.59 Å². The van der Waals surface area contributed by atoms with Gasteiger partial charge in [-0.25, -0.2) is 15.0 Å². The predicted octanol–water partition coefficient (Wildman–Crippen LogP) is 6.86. The van der Waals surface area contributed by atoms with Crippen LogP contribution in [0.4, 0.5) is 22.5 Å².